The average Bonchev–Trinajstić information content (AvgIpc) is 2.69. The number of anilines is 1. The number of hydrogen-bond acceptors (Lipinski definition) is 5. The molecule has 2 heterocycles. The highest BCUT2D eigenvalue weighted by atomic mass is 32.1. The Morgan fingerprint density at radius 3 is 2.94 bits per heavy atom. The smallest absolute Gasteiger partial charge is 0.340 e. The molecular formula is C12H13N3O2S. The lowest BCUT2D eigenvalue weighted by Crippen LogP contribution is -2.06. The van der Waals surface area contributed by atoms with Crippen LogP contribution in [0, 0.1) is 13.8 Å². The molecule has 0 aliphatic rings. The fourth-order valence-electron chi connectivity index (χ4n) is 1.61. The van der Waals surface area contributed by atoms with Gasteiger partial charge in [-0.05, 0) is 37.0 Å². The van der Waals surface area contributed by atoms with E-state index in [9.17, 15) is 4.79 Å². The molecule has 0 spiro atoms. The van der Waals surface area contributed by atoms with Crippen LogP contribution in [0.1, 0.15) is 27.3 Å². The number of carboxylic acid groups (broad SMARTS) is 1. The van der Waals surface area contributed by atoms with E-state index in [1.54, 1.807) is 13.1 Å². The van der Waals surface area contributed by atoms with Crippen molar-refractivity contribution < 1.29 is 9.90 Å². The maximum absolute atomic E-state index is 11.1. The first-order chi connectivity index (χ1) is 8.59. The van der Waals surface area contributed by atoms with E-state index in [0.29, 0.717) is 17.2 Å². The Morgan fingerprint density at radius 2 is 2.28 bits per heavy atom. The Kier molecular flexibility index (Phi) is 3.57. The van der Waals surface area contributed by atoms with E-state index in [4.69, 9.17) is 5.11 Å². The van der Waals surface area contributed by atoms with Crippen molar-refractivity contribution in [3.8, 4) is 0 Å². The third-order valence-corrected chi connectivity index (χ3v) is 3.51. The summed E-state index contributed by atoms with van der Waals surface area (Å²) in [4.78, 5) is 15.3. The molecule has 0 aromatic carbocycles. The van der Waals surface area contributed by atoms with Gasteiger partial charge in [0.25, 0.3) is 0 Å². The molecule has 0 unspecified atom stereocenters. The maximum Gasteiger partial charge on any atom is 0.340 e. The van der Waals surface area contributed by atoms with Gasteiger partial charge in [0.1, 0.15) is 10.6 Å². The van der Waals surface area contributed by atoms with Gasteiger partial charge in [0.05, 0.1) is 17.9 Å². The van der Waals surface area contributed by atoms with Gasteiger partial charge in [0.15, 0.2) is 0 Å². The average molecular weight is 263 g/mol. The van der Waals surface area contributed by atoms with Crippen LogP contribution in [0.3, 0.4) is 0 Å². The molecule has 5 nitrogen and oxygen atoms in total. The second kappa shape index (κ2) is 5.14. The van der Waals surface area contributed by atoms with Crippen LogP contribution in [-0.2, 0) is 6.54 Å². The highest BCUT2D eigenvalue weighted by Crippen LogP contribution is 2.24. The van der Waals surface area contributed by atoms with Crippen molar-refractivity contribution in [2.45, 2.75) is 20.4 Å². The number of pyridine rings is 1. The van der Waals surface area contributed by atoms with Gasteiger partial charge >= 0.3 is 5.97 Å². The minimum Gasteiger partial charge on any atom is -0.478 e. The summed E-state index contributed by atoms with van der Waals surface area (Å²) in [7, 11) is 0. The summed E-state index contributed by atoms with van der Waals surface area (Å²) in [5.74, 6) is -0.957. The Labute approximate surface area is 109 Å². The fourth-order valence-corrected chi connectivity index (χ4v) is 2.39. The van der Waals surface area contributed by atoms with Crippen LogP contribution in [0.5, 0.6) is 0 Å². The first kappa shape index (κ1) is 12.5. The topological polar surface area (TPSA) is 75.1 Å². The second-order valence-electron chi connectivity index (χ2n) is 3.90. The fraction of sp³-hybridized carbons (Fsp3) is 0.250. The molecule has 18 heavy (non-hydrogen) atoms. The van der Waals surface area contributed by atoms with Crippen LogP contribution in [-0.4, -0.2) is 20.4 Å². The number of carboxylic acids is 1. The first-order valence-corrected chi connectivity index (χ1v) is 6.21. The standard InChI is InChI=1S/C12H13N3O2S/c1-7-4-3-5-13-9(7)6-14-11-10(12(16)17)8(2)15-18-11/h3-5,14H,6H2,1-2H3,(H,16,17). The van der Waals surface area contributed by atoms with Crippen LogP contribution in [0.2, 0.25) is 0 Å². The zero-order valence-electron chi connectivity index (χ0n) is 10.1. The Morgan fingerprint density at radius 1 is 1.50 bits per heavy atom. The van der Waals surface area contributed by atoms with E-state index in [1.807, 2.05) is 19.1 Å². The van der Waals surface area contributed by atoms with Crippen molar-refractivity contribution in [3.63, 3.8) is 0 Å². The summed E-state index contributed by atoms with van der Waals surface area (Å²) in [5, 5.41) is 12.8. The monoisotopic (exact) mass is 263 g/mol. The van der Waals surface area contributed by atoms with Gasteiger partial charge < -0.3 is 10.4 Å². The number of aromatic nitrogens is 2. The minimum atomic E-state index is -0.957. The van der Waals surface area contributed by atoms with Gasteiger partial charge in [0, 0.05) is 6.20 Å². The van der Waals surface area contributed by atoms with Crippen molar-refractivity contribution in [2.24, 2.45) is 0 Å². The summed E-state index contributed by atoms with van der Waals surface area (Å²) >= 11 is 1.16. The number of nitrogens with one attached hydrogen (secondary N) is 1. The maximum atomic E-state index is 11.1. The third-order valence-electron chi connectivity index (χ3n) is 2.61. The zero-order chi connectivity index (χ0) is 13.1. The number of rotatable bonds is 4. The predicted molar refractivity (Wildman–Crippen MR) is 70.1 cm³/mol. The predicted octanol–water partition coefficient (Wildman–Crippen LogP) is 2.47. The number of nitrogens with zero attached hydrogens (tertiary/aromatic N) is 2. The Hall–Kier alpha value is -1.95. The normalized spacial score (nSPS) is 10.3. The molecule has 2 aromatic heterocycles. The van der Waals surface area contributed by atoms with Gasteiger partial charge in [-0.15, -0.1) is 0 Å². The molecule has 0 radical (unpaired) electrons. The number of aryl methyl sites for hydroxylation is 2. The van der Waals surface area contributed by atoms with E-state index >= 15 is 0 Å². The molecule has 0 saturated carbocycles. The summed E-state index contributed by atoms with van der Waals surface area (Å²) < 4.78 is 4.05. The van der Waals surface area contributed by atoms with Crippen molar-refractivity contribution in [1.29, 1.82) is 0 Å². The molecule has 94 valence electrons. The number of hydrogen-bond donors (Lipinski definition) is 2. The molecule has 0 aliphatic heterocycles. The molecule has 0 saturated heterocycles. The summed E-state index contributed by atoms with van der Waals surface area (Å²) in [6.07, 6.45) is 1.72. The minimum absolute atomic E-state index is 0.244. The lowest BCUT2D eigenvalue weighted by molar-refractivity contribution is 0.0697. The Balaban J connectivity index is 2.16. The van der Waals surface area contributed by atoms with E-state index in [-0.39, 0.29) is 5.56 Å². The van der Waals surface area contributed by atoms with Crippen molar-refractivity contribution in [3.05, 3.63) is 40.8 Å². The van der Waals surface area contributed by atoms with E-state index in [0.717, 1.165) is 22.8 Å². The highest BCUT2D eigenvalue weighted by molar-refractivity contribution is 7.10. The van der Waals surface area contributed by atoms with Crippen LogP contribution in [0.15, 0.2) is 18.3 Å². The SMILES string of the molecule is Cc1cccnc1CNc1snc(C)c1C(=O)O. The lowest BCUT2D eigenvalue weighted by atomic mass is 10.2. The molecule has 0 fully saturated rings. The molecule has 2 rings (SSSR count). The molecule has 0 bridgehead atoms. The molecule has 2 N–H and O–H groups in total. The molecule has 0 aliphatic carbocycles. The van der Waals surface area contributed by atoms with Crippen molar-refractivity contribution in [1.82, 2.24) is 9.36 Å². The molecule has 0 amide bonds. The van der Waals surface area contributed by atoms with Crippen molar-refractivity contribution >= 4 is 22.5 Å². The largest absolute Gasteiger partial charge is 0.478 e. The molecule has 0 atom stereocenters. The number of aromatic carboxylic acids is 1. The molecule has 2 aromatic rings. The summed E-state index contributed by atoms with van der Waals surface area (Å²) in [5.41, 5.74) is 2.75. The summed E-state index contributed by atoms with van der Waals surface area (Å²) in [6, 6.07) is 3.85. The van der Waals surface area contributed by atoms with E-state index in [2.05, 4.69) is 14.7 Å². The van der Waals surface area contributed by atoms with Gasteiger partial charge in [-0.2, -0.15) is 4.37 Å². The van der Waals surface area contributed by atoms with Crippen LogP contribution in [0.25, 0.3) is 0 Å². The first-order valence-electron chi connectivity index (χ1n) is 5.43. The summed E-state index contributed by atoms with van der Waals surface area (Å²) in [6.45, 7) is 4.16. The molecular weight excluding hydrogens is 250 g/mol. The Bertz CT molecular complexity index is 580. The second-order valence-corrected chi connectivity index (χ2v) is 4.67. The third kappa shape index (κ3) is 2.48. The van der Waals surface area contributed by atoms with Crippen LogP contribution >= 0.6 is 11.5 Å². The van der Waals surface area contributed by atoms with Gasteiger partial charge in [-0.1, -0.05) is 6.07 Å². The van der Waals surface area contributed by atoms with E-state index < -0.39 is 5.97 Å². The van der Waals surface area contributed by atoms with E-state index in [1.165, 1.54) is 0 Å². The van der Waals surface area contributed by atoms with Gasteiger partial charge in [0.2, 0.25) is 0 Å². The number of carbonyl (C=O) groups is 1. The highest BCUT2D eigenvalue weighted by Gasteiger charge is 2.17. The van der Waals surface area contributed by atoms with Crippen LogP contribution in [0.4, 0.5) is 5.00 Å². The molecule has 6 heteroatoms. The van der Waals surface area contributed by atoms with Gasteiger partial charge in [-0.25, -0.2) is 4.79 Å². The zero-order valence-corrected chi connectivity index (χ0v) is 10.9. The quantitative estimate of drug-likeness (QED) is 0.886. The van der Waals surface area contributed by atoms with Crippen LogP contribution < -0.4 is 5.32 Å². The van der Waals surface area contributed by atoms with Gasteiger partial charge in [-0.3, -0.25) is 4.98 Å². The van der Waals surface area contributed by atoms with Crippen molar-refractivity contribution in [2.75, 3.05) is 5.32 Å². The lowest BCUT2D eigenvalue weighted by Gasteiger charge is -2.06.